The Morgan fingerprint density at radius 3 is 2.55 bits per heavy atom. The van der Waals surface area contributed by atoms with E-state index in [9.17, 15) is 28.0 Å². The fourth-order valence-electron chi connectivity index (χ4n) is 4.08. The van der Waals surface area contributed by atoms with Crippen molar-refractivity contribution in [3.8, 4) is 17.8 Å². The van der Waals surface area contributed by atoms with Gasteiger partial charge in [0.15, 0.2) is 0 Å². The molecule has 0 saturated heterocycles. The van der Waals surface area contributed by atoms with Crippen LogP contribution in [0.5, 0.6) is 0 Å². The SMILES string of the molecule is Cc1cc(C#N)cc(C(=O)NCC#N)c1NC(=O)c1cc(CCCc2nc(C(F)(F)F)n[nH]2)nn1-c1ccccc1Cl. The molecule has 2 amide bonds. The quantitative estimate of drug-likeness (QED) is 0.239. The minimum absolute atomic E-state index is 0.00975. The number of benzene rings is 2. The number of aromatic nitrogens is 5. The van der Waals surface area contributed by atoms with Crippen LogP contribution in [0, 0.1) is 29.6 Å². The third-order valence-corrected chi connectivity index (χ3v) is 6.30. The van der Waals surface area contributed by atoms with E-state index in [-0.39, 0.29) is 47.7 Å². The van der Waals surface area contributed by atoms with Crippen LogP contribution in [0.1, 0.15) is 55.7 Å². The zero-order chi connectivity index (χ0) is 30.4. The molecule has 2 aromatic heterocycles. The minimum Gasteiger partial charge on any atom is -0.339 e. The number of carbonyl (C=O) groups is 2. The van der Waals surface area contributed by atoms with Gasteiger partial charge in [-0.25, -0.2) is 9.67 Å². The van der Waals surface area contributed by atoms with Crippen LogP contribution >= 0.6 is 11.6 Å². The molecule has 4 aromatic rings. The van der Waals surface area contributed by atoms with Gasteiger partial charge in [-0.05, 0) is 55.7 Å². The van der Waals surface area contributed by atoms with Gasteiger partial charge < -0.3 is 10.6 Å². The summed E-state index contributed by atoms with van der Waals surface area (Å²) in [6, 6.07) is 14.7. The van der Waals surface area contributed by atoms with Crippen LogP contribution in [0.4, 0.5) is 18.9 Å². The first-order valence-corrected chi connectivity index (χ1v) is 12.7. The van der Waals surface area contributed by atoms with Crippen molar-refractivity contribution >= 4 is 29.1 Å². The molecule has 3 N–H and O–H groups in total. The molecule has 0 aliphatic heterocycles. The molecule has 0 saturated carbocycles. The highest BCUT2D eigenvalue weighted by molar-refractivity contribution is 6.32. The summed E-state index contributed by atoms with van der Waals surface area (Å²) in [4.78, 5) is 29.8. The molecular weight excluding hydrogens is 575 g/mol. The molecular formula is C27H21ClF3N9O2. The Labute approximate surface area is 241 Å². The summed E-state index contributed by atoms with van der Waals surface area (Å²) in [5, 5.41) is 33.6. The van der Waals surface area contributed by atoms with Crippen LogP contribution in [0.25, 0.3) is 5.69 Å². The van der Waals surface area contributed by atoms with Gasteiger partial charge >= 0.3 is 6.18 Å². The van der Waals surface area contributed by atoms with Crippen LogP contribution < -0.4 is 10.6 Å². The predicted octanol–water partition coefficient (Wildman–Crippen LogP) is 4.52. The summed E-state index contributed by atoms with van der Waals surface area (Å²) in [6.07, 6.45) is -3.90. The largest absolute Gasteiger partial charge is 0.453 e. The number of rotatable bonds is 9. The van der Waals surface area contributed by atoms with Crippen LogP contribution in [0.15, 0.2) is 42.5 Å². The van der Waals surface area contributed by atoms with Gasteiger partial charge in [-0.15, -0.1) is 5.10 Å². The summed E-state index contributed by atoms with van der Waals surface area (Å²) in [6.45, 7) is 1.33. The number of amides is 2. The number of carbonyl (C=O) groups excluding carboxylic acids is 2. The molecule has 42 heavy (non-hydrogen) atoms. The Hall–Kier alpha value is -5.21. The maximum Gasteiger partial charge on any atom is 0.453 e. The Morgan fingerprint density at radius 1 is 1.12 bits per heavy atom. The monoisotopic (exact) mass is 595 g/mol. The van der Waals surface area contributed by atoms with Crippen molar-refractivity contribution < 1.29 is 22.8 Å². The van der Waals surface area contributed by atoms with E-state index < -0.39 is 23.8 Å². The normalized spacial score (nSPS) is 11.0. The molecule has 15 heteroatoms. The van der Waals surface area contributed by atoms with Crippen LogP contribution in [0.2, 0.25) is 5.02 Å². The van der Waals surface area contributed by atoms with Crippen molar-refractivity contribution in [3.63, 3.8) is 0 Å². The van der Waals surface area contributed by atoms with E-state index >= 15 is 0 Å². The average molecular weight is 596 g/mol. The number of halogens is 4. The number of hydrogen-bond donors (Lipinski definition) is 3. The van der Waals surface area contributed by atoms with Crippen molar-refractivity contribution in [1.82, 2.24) is 30.3 Å². The van der Waals surface area contributed by atoms with Gasteiger partial charge in [-0.3, -0.25) is 14.7 Å². The first kappa shape index (κ1) is 29.8. The highest BCUT2D eigenvalue weighted by atomic mass is 35.5. The lowest BCUT2D eigenvalue weighted by molar-refractivity contribution is -0.144. The van der Waals surface area contributed by atoms with E-state index in [1.165, 1.54) is 22.9 Å². The number of anilines is 1. The highest BCUT2D eigenvalue weighted by Crippen LogP contribution is 2.27. The van der Waals surface area contributed by atoms with E-state index in [4.69, 9.17) is 16.9 Å². The molecule has 0 fully saturated rings. The fraction of sp³-hybridized carbons (Fsp3) is 0.222. The lowest BCUT2D eigenvalue weighted by Crippen LogP contribution is -2.26. The highest BCUT2D eigenvalue weighted by Gasteiger charge is 2.36. The molecule has 0 aliphatic carbocycles. The smallest absolute Gasteiger partial charge is 0.339 e. The number of alkyl halides is 3. The van der Waals surface area contributed by atoms with Crippen molar-refractivity contribution in [2.45, 2.75) is 32.4 Å². The van der Waals surface area contributed by atoms with Crippen molar-refractivity contribution in [3.05, 3.63) is 87.2 Å². The Morgan fingerprint density at radius 2 is 1.88 bits per heavy atom. The van der Waals surface area contributed by atoms with E-state index in [2.05, 4.69) is 30.9 Å². The summed E-state index contributed by atoms with van der Waals surface area (Å²) in [5.74, 6) is -2.50. The topological polar surface area (TPSA) is 165 Å². The summed E-state index contributed by atoms with van der Waals surface area (Å²) in [7, 11) is 0. The number of aromatic amines is 1. The molecule has 2 heterocycles. The Bertz CT molecular complexity index is 1730. The number of nitriles is 2. The number of nitrogens with zero attached hydrogens (tertiary/aromatic N) is 6. The minimum atomic E-state index is -4.66. The Balaban J connectivity index is 1.64. The van der Waals surface area contributed by atoms with Gasteiger partial charge in [0.05, 0.1) is 45.4 Å². The standard InChI is InChI=1S/C27H21ClF3N9O2/c1-15-11-16(14-33)12-18(24(41)34-10-9-32)23(15)36-25(42)21-13-17(39-40(21)20-7-3-2-6-19(20)28)5-4-8-22-35-26(38-37-22)27(29,30)31/h2-3,6-7,11-13H,4-5,8,10H2,1H3,(H,34,41)(H,36,42)(H,35,37,38). The van der Waals surface area contributed by atoms with Crippen LogP contribution in [-0.2, 0) is 19.0 Å². The van der Waals surface area contributed by atoms with Gasteiger partial charge in [0.25, 0.3) is 17.6 Å². The molecule has 0 aliphatic rings. The van der Waals surface area contributed by atoms with Crippen molar-refractivity contribution in [2.75, 3.05) is 11.9 Å². The second-order valence-electron chi connectivity index (χ2n) is 8.96. The molecule has 0 spiro atoms. The molecule has 4 rings (SSSR count). The van der Waals surface area contributed by atoms with Gasteiger partial charge in [0.1, 0.15) is 18.1 Å². The second-order valence-corrected chi connectivity index (χ2v) is 9.37. The first-order valence-electron chi connectivity index (χ1n) is 12.4. The molecule has 0 unspecified atom stereocenters. The summed E-state index contributed by atoms with van der Waals surface area (Å²) in [5.41, 5.74) is 1.63. The number of H-pyrrole nitrogens is 1. The number of hydrogen-bond acceptors (Lipinski definition) is 7. The second kappa shape index (κ2) is 12.5. The maximum atomic E-state index is 13.6. The van der Waals surface area contributed by atoms with Gasteiger partial charge in [0.2, 0.25) is 0 Å². The zero-order valence-corrected chi connectivity index (χ0v) is 22.6. The third kappa shape index (κ3) is 6.74. The Kier molecular flexibility index (Phi) is 8.88. The van der Waals surface area contributed by atoms with Crippen molar-refractivity contribution in [2.24, 2.45) is 0 Å². The lowest BCUT2D eigenvalue weighted by atomic mass is 10.0. The van der Waals surface area contributed by atoms with E-state index in [0.29, 0.717) is 28.4 Å². The van der Waals surface area contributed by atoms with Gasteiger partial charge in [-0.1, -0.05) is 23.7 Å². The molecule has 0 radical (unpaired) electrons. The van der Waals surface area contributed by atoms with Gasteiger partial charge in [-0.2, -0.15) is 28.8 Å². The fourth-order valence-corrected chi connectivity index (χ4v) is 4.30. The third-order valence-electron chi connectivity index (χ3n) is 5.98. The molecule has 2 aromatic carbocycles. The van der Waals surface area contributed by atoms with Crippen molar-refractivity contribution in [1.29, 1.82) is 10.5 Å². The van der Waals surface area contributed by atoms with E-state index in [1.54, 1.807) is 37.3 Å². The molecule has 11 nitrogen and oxygen atoms in total. The van der Waals surface area contributed by atoms with Crippen LogP contribution in [-0.4, -0.2) is 43.3 Å². The number of nitrogens with one attached hydrogen (secondary N) is 3. The molecule has 0 bridgehead atoms. The molecule has 214 valence electrons. The predicted molar refractivity (Wildman–Crippen MR) is 144 cm³/mol. The van der Waals surface area contributed by atoms with E-state index in [0.717, 1.165) is 0 Å². The summed E-state index contributed by atoms with van der Waals surface area (Å²) < 4.78 is 39.7. The first-order chi connectivity index (χ1) is 20.0. The van der Waals surface area contributed by atoms with E-state index in [1.807, 2.05) is 6.07 Å². The molecule has 0 atom stereocenters. The average Bonchev–Trinajstić information content (AvgIpc) is 3.61. The van der Waals surface area contributed by atoms with Crippen LogP contribution in [0.3, 0.4) is 0 Å². The zero-order valence-electron chi connectivity index (χ0n) is 21.9. The number of para-hydroxylation sites is 1. The number of aryl methyl sites for hydroxylation is 3. The maximum absolute atomic E-state index is 13.6. The van der Waals surface area contributed by atoms with Gasteiger partial charge in [0, 0.05) is 6.42 Å². The summed E-state index contributed by atoms with van der Waals surface area (Å²) >= 11 is 6.39. The lowest BCUT2D eigenvalue weighted by Gasteiger charge is -2.15.